The smallest absolute Gasteiger partial charge is 0.133 e. The Morgan fingerprint density at radius 1 is 1.53 bits per heavy atom. The van der Waals surface area contributed by atoms with Crippen molar-refractivity contribution in [2.75, 3.05) is 38.8 Å². The van der Waals surface area contributed by atoms with Crippen LogP contribution in [0.4, 0.5) is 5.82 Å². The first kappa shape index (κ1) is 14.4. The van der Waals surface area contributed by atoms with Crippen LogP contribution in [0.3, 0.4) is 0 Å². The lowest BCUT2D eigenvalue weighted by molar-refractivity contribution is 0.205. The zero-order valence-electron chi connectivity index (χ0n) is 10.7. The van der Waals surface area contributed by atoms with E-state index in [0.29, 0.717) is 6.61 Å². The van der Waals surface area contributed by atoms with Crippen LogP contribution in [0.2, 0.25) is 0 Å². The monoisotopic (exact) mass is 301 g/mol. The van der Waals surface area contributed by atoms with E-state index in [1.54, 1.807) is 7.11 Å². The number of ether oxygens (including phenoxy) is 1. The summed E-state index contributed by atoms with van der Waals surface area (Å²) in [5, 5.41) is 3.17. The minimum atomic E-state index is 0.713. The van der Waals surface area contributed by atoms with Gasteiger partial charge in [0.2, 0.25) is 0 Å². The number of hydrogen-bond acceptors (Lipinski definition) is 4. The van der Waals surface area contributed by atoms with Crippen molar-refractivity contribution in [3.63, 3.8) is 0 Å². The fraction of sp³-hybridized carbons (Fsp3) is 0.583. The highest BCUT2D eigenvalue weighted by molar-refractivity contribution is 9.10. The Balaban J connectivity index is 2.91. The molecule has 4 nitrogen and oxygen atoms in total. The Morgan fingerprint density at radius 2 is 2.29 bits per heavy atom. The molecule has 0 unspecified atom stereocenters. The van der Waals surface area contributed by atoms with E-state index in [1.807, 2.05) is 13.2 Å². The summed E-state index contributed by atoms with van der Waals surface area (Å²) in [5.74, 6) is 1.03. The number of hydrogen-bond donors (Lipinski definition) is 1. The Morgan fingerprint density at radius 3 is 2.88 bits per heavy atom. The van der Waals surface area contributed by atoms with Crippen molar-refractivity contribution in [2.45, 2.75) is 13.5 Å². The molecule has 0 fully saturated rings. The number of nitrogens with one attached hydrogen (secondary N) is 1. The molecule has 0 aliphatic rings. The van der Waals surface area contributed by atoms with E-state index >= 15 is 0 Å². The minimum Gasteiger partial charge on any atom is -0.383 e. The predicted molar refractivity (Wildman–Crippen MR) is 74.5 cm³/mol. The zero-order valence-corrected chi connectivity index (χ0v) is 12.2. The van der Waals surface area contributed by atoms with Gasteiger partial charge in [-0.3, -0.25) is 0 Å². The number of nitrogens with zero attached hydrogens (tertiary/aromatic N) is 2. The van der Waals surface area contributed by atoms with Gasteiger partial charge in [-0.25, -0.2) is 4.98 Å². The van der Waals surface area contributed by atoms with Crippen LogP contribution >= 0.6 is 15.9 Å². The van der Waals surface area contributed by atoms with Gasteiger partial charge >= 0.3 is 0 Å². The molecule has 0 spiro atoms. The maximum Gasteiger partial charge on any atom is 0.133 e. The van der Waals surface area contributed by atoms with Crippen LogP contribution in [0.5, 0.6) is 0 Å². The Bertz CT molecular complexity index is 347. The standard InChI is InChI=1S/C12H20BrN3O/c1-4-16(5-6-17-3)12-10(8-14-2)7-11(13)9-15-12/h7,9,14H,4-6,8H2,1-3H3. The van der Waals surface area contributed by atoms with Gasteiger partial charge in [-0.15, -0.1) is 0 Å². The molecule has 17 heavy (non-hydrogen) atoms. The molecule has 0 aromatic carbocycles. The number of aromatic nitrogens is 1. The normalized spacial score (nSPS) is 10.6. The quantitative estimate of drug-likeness (QED) is 0.836. The van der Waals surface area contributed by atoms with Crippen LogP contribution in [0.15, 0.2) is 16.7 Å². The predicted octanol–water partition coefficient (Wildman–Crippen LogP) is 2.04. The summed E-state index contributed by atoms with van der Waals surface area (Å²) < 4.78 is 6.13. The summed E-state index contributed by atoms with van der Waals surface area (Å²) in [7, 11) is 3.66. The van der Waals surface area contributed by atoms with Crippen LogP contribution in [-0.2, 0) is 11.3 Å². The first-order valence-corrected chi connectivity index (χ1v) is 6.55. The Kier molecular flexibility index (Phi) is 6.47. The largest absolute Gasteiger partial charge is 0.383 e. The summed E-state index contributed by atoms with van der Waals surface area (Å²) in [6.45, 7) is 5.44. The minimum absolute atomic E-state index is 0.713. The lowest BCUT2D eigenvalue weighted by Gasteiger charge is -2.24. The second kappa shape index (κ2) is 7.63. The number of halogens is 1. The van der Waals surface area contributed by atoms with Crippen molar-refractivity contribution in [2.24, 2.45) is 0 Å². The van der Waals surface area contributed by atoms with Gasteiger partial charge in [-0.2, -0.15) is 0 Å². The van der Waals surface area contributed by atoms with E-state index in [-0.39, 0.29) is 0 Å². The van der Waals surface area contributed by atoms with Gasteiger partial charge in [0.05, 0.1) is 6.61 Å². The zero-order chi connectivity index (χ0) is 12.7. The molecule has 0 amide bonds. The number of methoxy groups -OCH3 is 1. The Labute approximate surface area is 111 Å². The third kappa shape index (κ3) is 4.26. The number of anilines is 1. The summed E-state index contributed by atoms with van der Waals surface area (Å²) in [5.41, 5.74) is 1.19. The highest BCUT2D eigenvalue weighted by Gasteiger charge is 2.11. The van der Waals surface area contributed by atoms with E-state index < -0.39 is 0 Å². The maximum atomic E-state index is 5.12. The van der Waals surface area contributed by atoms with E-state index in [2.05, 4.69) is 44.1 Å². The summed E-state index contributed by atoms with van der Waals surface area (Å²) in [6.07, 6.45) is 1.84. The highest BCUT2D eigenvalue weighted by Crippen LogP contribution is 2.21. The molecule has 96 valence electrons. The Hall–Kier alpha value is -0.650. The fourth-order valence-electron chi connectivity index (χ4n) is 1.69. The van der Waals surface area contributed by atoms with Crippen molar-refractivity contribution in [1.82, 2.24) is 10.3 Å². The highest BCUT2D eigenvalue weighted by atomic mass is 79.9. The molecule has 5 heteroatoms. The second-order valence-electron chi connectivity index (χ2n) is 3.74. The van der Waals surface area contributed by atoms with E-state index in [1.165, 1.54) is 5.56 Å². The molecule has 0 saturated carbocycles. The van der Waals surface area contributed by atoms with Crippen molar-refractivity contribution in [3.05, 3.63) is 22.3 Å². The first-order valence-electron chi connectivity index (χ1n) is 5.75. The lowest BCUT2D eigenvalue weighted by Crippen LogP contribution is -2.29. The molecule has 1 rings (SSSR count). The van der Waals surface area contributed by atoms with Gasteiger partial charge in [0.15, 0.2) is 0 Å². The molecule has 1 heterocycles. The summed E-state index contributed by atoms with van der Waals surface area (Å²) >= 11 is 3.46. The first-order chi connectivity index (χ1) is 8.22. The van der Waals surface area contributed by atoms with Crippen LogP contribution < -0.4 is 10.2 Å². The van der Waals surface area contributed by atoms with Crippen LogP contribution in [0.25, 0.3) is 0 Å². The molecule has 0 aliphatic heterocycles. The van der Waals surface area contributed by atoms with E-state index in [9.17, 15) is 0 Å². The second-order valence-corrected chi connectivity index (χ2v) is 4.65. The molecule has 0 bridgehead atoms. The fourth-order valence-corrected chi connectivity index (χ4v) is 2.07. The van der Waals surface area contributed by atoms with Gasteiger partial charge in [0, 0.05) is 43.0 Å². The third-order valence-corrected chi connectivity index (χ3v) is 2.96. The summed E-state index contributed by atoms with van der Waals surface area (Å²) in [6, 6.07) is 2.11. The van der Waals surface area contributed by atoms with E-state index in [4.69, 9.17) is 4.74 Å². The number of likely N-dealkylation sites (N-methyl/N-ethyl adjacent to an activating group) is 1. The topological polar surface area (TPSA) is 37.4 Å². The van der Waals surface area contributed by atoms with Crippen molar-refractivity contribution in [1.29, 1.82) is 0 Å². The van der Waals surface area contributed by atoms with Crippen molar-refractivity contribution >= 4 is 21.7 Å². The lowest BCUT2D eigenvalue weighted by atomic mass is 10.2. The van der Waals surface area contributed by atoms with Crippen molar-refractivity contribution < 1.29 is 4.74 Å². The van der Waals surface area contributed by atoms with Crippen LogP contribution in [0, 0.1) is 0 Å². The van der Waals surface area contributed by atoms with Gasteiger partial charge in [0.1, 0.15) is 5.82 Å². The molecule has 1 aromatic rings. The SMILES string of the molecule is CCN(CCOC)c1ncc(Br)cc1CNC. The van der Waals surface area contributed by atoms with Gasteiger partial charge in [0.25, 0.3) is 0 Å². The van der Waals surface area contributed by atoms with Gasteiger partial charge < -0.3 is 15.0 Å². The number of rotatable bonds is 7. The van der Waals surface area contributed by atoms with E-state index in [0.717, 1.165) is 29.9 Å². The average Bonchev–Trinajstić information content (AvgIpc) is 2.32. The van der Waals surface area contributed by atoms with Crippen LogP contribution in [0.1, 0.15) is 12.5 Å². The van der Waals surface area contributed by atoms with Crippen LogP contribution in [-0.4, -0.2) is 38.8 Å². The number of pyridine rings is 1. The molecule has 1 aromatic heterocycles. The molecule has 0 atom stereocenters. The molecular formula is C12H20BrN3O. The average molecular weight is 302 g/mol. The molecular weight excluding hydrogens is 282 g/mol. The molecule has 1 N–H and O–H groups in total. The van der Waals surface area contributed by atoms with Crippen molar-refractivity contribution in [3.8, 4) is 0 Å². The maximum absolute atomic E-state index is 5.12. The molecule has 0 aliphatic carbocycles. The van der Waals surface area contributed by atoms with Gasteiger partial charge in [-0.05, 0) is 36.0 Å². The van der Waals surface area contributed by atoms with Gasteiger partial charge in [-0.1, -0.05) is 0 Å². The third-order valence-electron chi connectivity index (χ3n) is 2.52. The summed E-state index contributed by atoms with van der Waals surface area (Å²) in [4.78, 5) is 6.73. The molecule has 0 radical (unpaired) electrons. The molecule has 0 saturated heterocycles.